The molecule has 3 aromatic carbocycles. The van der Waals surface area contributed by atoms with E-state index >= 15 is 0 Å². The minimum atomic E-state index is -0.220. The maximum Gasteiger partial charge on any atom is 0.258 e. The van der Waals surface area contributed by atoms with Gasteiger partial charge in [-0.3, -0.25) is 14.4 Å². The van der Waals surface area contributed by atoms with Gasteiger partial charge in [-0.25, -0.2) is 0 Å². The van der Waals surface area contributed by atoms with Crippen LogP contribution in [0.2, 0.25) is 0 Å². The Morgan fingerprint density at radius 2 is 1.68 bits per heavy atom. The van der Waals surface area contributed by atoms with Crippen molar-refractivity contribution < 1.29 is 14.4 Å². The van der Waals surface area contributed by atoms with Crippen LogP contribution in [0.4, 0.5) is 11.4 Å². The molecule has 7 nitrogen and oxygen atoms in total. The van der Waals surface area contributed by atoms with Gasteiger partial charge < -0.3 is 21.3 Å². The molecule has 0 aromatic heterocycles. The summed E-state index contributed by atoms with van der Waals surface area (Å²) in [4.78, 5) is 39.7. The highest BCUT2D eigenvalue weighted by Crippen LogP contribution is 2.33. The lowest BCUT2D eigenvalue weighted by molar-refractivity contribution is -0.120. The molecule has 0 saturated heterocycles. The first-order chi connectivity index (χ1) is 16.5. The number of fused-ring (bicyclic) bond motifs is 1. The summed E-state index contributed by atoms with van der Waals surface area (Å²) in [6.07, 6.45) is 1.46. The Morgan fingerprint density at radius 1 is 0.971 bits per heavy atom. The molecule has 1 aliphatic rings. The minimum Gasteiger partial charge on any atom is -0.348 e. The molecule has 3 aromatic rings. The normalized spacial score (nSPS) is 15.1. The van der Waals surface area contributed by atoms with Gasteiger partial charge in [0.05, 0.1) is 12.6 Å². The van der Waals surface area contributed by atoms with Crippen molar-refractivity contribution in [1.29, 1.82) is 0 Å². The van der Waals surface area contributed by atoms with Crippen LogP contribution >= 0.6 is 0 Å². The van der Waals surface area contributed by atoms with E-state index in [-0.39, 0.29) is 30.3 Å². The van der Waals surface area contributed by atoms with Crippen molar-refractivity contribution in [2.75, 3.05) is 23.3 Å². The molecule has 4 rings (SSSR count). The van der Waals surface area contributed by atoms with E-state index in [1.165, 1.54) is 0 Å². The molecular formula is C27H28N4O3. The largest absolute Gasteiger partial charge is 0.348 e. The van der Waals surface area contributed by atoms with Gasteiger partial charge in [0.2, 0.25) is 5.91 Å². The number of nitrogens with two attached hydrogens (primary N) is 1. The van der Waals surface area contributed by atoms with Gasteiger partial charge in [-0.1, -0.05) is 36.4 Å². The van der Waals surface area contributed by atoms with Gasteiger partial charge in [-0.2, -0.15) is 0 Å². The molecule has 1 heterocycles. The van der Waals surface area contributed by atoms with Crippen LogP contribution in [0.3, 0.4) is 0 Å². The molecule has 3 amide bonds. The van der Waals surface area contributed by atoms with Gasteiger partial charge in [-0.15, -0.1) is 0 Å². The number of rotatable bonds is 5. The van der Waals surface area contributed by atoms with Crippen LogP contribution in [0, 0.1) is 6.92 Å². The zero-order valence-corrected chi connectivity index (χ0v) is 19.1. The van der Waals surface area contributed by atoms with Crippen LogP contribution in [0.1, 0.15) is 50.7 Å². The van der Waals surface area contributed by atoms with E-state index < -0.39 is 0 Å². The molecule has 4 N–H and O–H groups in total. The average molecular weight is 457 g/mol. The first-order valence-electron chi connectivity index (χ1n) is 11.3. The SMILES string of the molecule is Cc1ccccc1C(=O)Nc1ccc(C(=O)N2CCCC(NC(=O)CN)c3ccccc32)cc1. The number of nitrogens with zero attached hydrogens (tertiary/aromatic N) is 1. The Balaban J connectivity index is 1.53. The maximum absolute atomic E-state index is 13.4. The lowest BCUT2D eigenvalue weighted by atomic mass is 10.0. The number of amides is 3. The highest BCUT2D eigenvalue weighted by Gasteiger charge is 2.27. The third-order valence-electron chi connectivity index (χ3n) is 6.02. The number of carbonyl (C=O) groups excluding carboxylic acids is 3. The summed E-state index contributed by atoms with van der Waals surface area (Å²) >= 11 is 0. The quantitative estimate of drug-likeness (QED) is 0.543. The fourth-order valence-corrected chi connectivity index (χ4v) is 4.25. The second kappa shape index (κ2) is 10.3. The average Bonchev–Trinajstić information content (AvgIpc) is 3.04. The van der Waals surface area contributed by atoms with Gasteiger partial charge in [0.15, 0.2) is 0 Å². The molecule has 174 valence electrons. The number of hydrogen-bond donors (Lipinski definition) is 3. The molecule has 0 spiro atoms. The van der Waals surface area contributed by atoms with Crippen molar-refractivity contribution in [1.82, 2.24) is 5.32 Å². The molecule has 0 aliphatic carbocycles. The van der Waals surface area contributed by atoms with Crippen molar-refractivity contribution in [3.05, 3.63) is 95.1 Å². The summed E-state index contributed by atoms with van der Waals surface area (Å²) in [5.74, 6) is -0.540. The third-order valence-corrected chi connectivity index (χ3v) is 6.02. The predicted octanol–water partition coefficient (Wildman–Crippen LogP) is 3.80. The number of hydrogen-bond acceptors (Lipinski definition) is 4. The number of carbonyl (C=O) groups is 3. The maximum atomic E-state index is 13.4. The minimum absolute atomic E-state index is 0.0754. The lowest BCUT2D eigenvalue weighted by Crippen LogP contribution is -2.34. The van der Waals surface area contributed by atoms with E-state index in [0.717, 1.165) is 29.7 Å². The fourth-order valence-electron chi connectivity index (χ4n) is 4.25. The monoisotopic (exact) mass is 456 g/mol. The molecule has 0 bridgehead atoms. The molecule has 1 atom stereocenters. The van der Waals surface area contributed by atoms with Gasteiger partial charge >= 0.3 is 0 Å². The smallest absolute Gasteiger partial charge is 0.258 e. The zero-order chi connectivity index (χ0) is 24.1. The molecule has 1 unspecified atom stereocenters. The van der Waals surface area contributed by atoms with Crippen molar-refractivity contribution >= 4 is 29.1 Å². The van der Waals surface area contributed by atoms with Crippen LogP contribution in [-0.2, 0) is 4.79 Å². The highest BCUT2D eigenvalue weighted by molar-refractivity contribution is 6.08. The predicted molar refractivity (Wildman–Crippen MR) is 133 cm³/mol. The van der Waals surface area contributed by atoms with Gasteiger partial charge in [-0.05, 0) is 67.3 Å². The van der Waals surface area contributed by atoms with Crippen molar-refractivity contribution in [3.8, 4) is 0 Å². The topological polar surface area (TPSA) is 105 Å². The first kappa shape index (κ1) is 23.2. The number of nitrogens with one attached hydrogen (secondary N) is 2. The molecule has 34 heavy (non-hydrogen) atoms. The Morgan fingerprint density at radius 3 is 2.41 bits per heavy atom. The van der Waals surface area contributed by atoms with E-state index in [1.807, 2.05) is 49.4 Å². The first-order valence-corrected chi connectivity index (χ1v) is 11.3. The molecular weight excluding hydrogens is 428 g/mol. The third kappa shape index (κ3) is 5.00. The van der Waals surface area contributed by atoms with E-state index in [2.05, 4.69) is 10.6 Å². The highest BCUT2D eigenvalue weighted by atomic mass is 16.2. The molecule has 0 saturated carbocycles. The number of para-hydroxylation sites is 1. The van der Waals surface area contributed by atoms with Gasteiger partial charge in [0.1, 0.15) is 0 Å². The van der Waals surface area contributed by atoms with E-state index in [4.69, 9.17) is 5.73 Å². The van der Waals surface area contributed by atoms with E-state index in [9.17, 15) is 14.4 Å². The molecule has 1 aliphatic heterocycles. The zero-order valence-electron chi connectivity index (χ0n) is 19.1. The summed E-state index contributed by atoms with van der Waals surface area (Å²) in [7, 11) is 0. The summed E-state index contributed by atoms with van der Waals surface area (Å²) in [5, 5.41) is 5.85. The second-order valence-corrected chi connectivity index (χ2v) is 8.33. The molecule has 7 heteroatoms. The van der Waals surface area contributed by atoms with Crippen LogP contribution < -0.4 is 21.3 Å². The fraction of sp³-hybridized carbons (Fsp3) is 0.222. The number of aryl methyl sites for hydroxylation is 1. The van der Waals surface area contributed by atoms with Crippen LogP contribution in [0.25, 0.3) is 0 Å². The standard InChI is InChI=1S/C27H28N4O3/c1-18-7-2-3-8-21(18)26(33)29-20-14-12-19(13-15-20)27(34)31-16-6-10-23(30-25(32)17-28)22-9-4-5-11-24(22)31/h2-5,7-9,11-15,23H,6,10,16-17,28H2,1H3,(H,29,33)(H,30,32). The van der Waals surface area contributed by atoms with E-state index in [0.29, 0.717) is 23.4 Å². The lowest BCUT2D eigenvalue weighted by Gasteiger charge is -2.24. The van der Waals surface area contributed by atoms with Crippen LogP contribution in [0.5, 0.6) is 0 Å². The Bertz CT molecular complexity index is 1210. The van der Waals surface area contributed by atoms with Crippen molar-refractivity contribution in [2.45, 2.75) is 25.8 Å². The summed E-state index contributed by atoms with van der Waals surface area (Å²) < 4.78 is 0. The number of benzene rings is 3. The Labute approximate surface area is 199 Å². The second-order valence-electron chi connectivity index (χ2n) is 8.33. The van der Waals surface area contributed by atoms with Crippen LogP contribution in [0.15, 0.2) is 72.8 Å². The van der Waals surface area contributed by atoms with Crippen LogP contribution in [-0.4, -0.2) is 30.8 Å². The number of anilines is 2. The summed E-state index contributed by atoms with van der Waals surface area (Å²) in [5.41, 5.74) is 9.81. The Hall–Kier alpha value is -3.97. The Kier molecular flexibility index (Phi) is 7.04. The van der Waals surface area contributed by atoms with E-state index in [1.54, 1.807) is 35.2 Å². The molecule has 0 fully saturated rings. The summed E-state index contributed by atoms with van der Waals surface area (Å²) in [6, 6.07) is 21.7. The van der Waals surface area contributed by atoms with Crippen molar-refractivity contribution in [3.63, 3.8) is 0 Å². The van der Waals surface area contributed by atoms with Crippen molar-refractivity contribution in [2.24, 2.45) is 5.73 Å². The summed E-state index contributed by atoms with van der Waals surface area (Å²) in [6.45, 7) is 2.35. The van der Waals surface area contributed by atoms with Gasteiger partial charge in [0, 0.05) is 29.0 Å². The molecule has 0 radical (unpaired) electrons. The van der Waals surface area contributed by atoms with Gasteiger partial charge in [0.25, 0.3) is 11.8 Å².